The quantitative estimate of drug-likeness (QED) is 0.333. The molecule has 1 amide bonds. The van der Waals surface area contributed by atoms with Crippen molar-refractivity contribution < 1.29 is 18.7 Å². The SMILES string of the molecule is CCOc1ccccc1N1C(=O)/C(=C\c2ccc(COc3ccc(Cl)cc3Cl)o2)NC1=S. The van der Waals surface area contributed by atoms with Gasteiger partial charge in [-0.3, -0.25) is 4.79 Å². The molecule has 2 heterocycles. The first-order valence-electron chi connectivity index (χ1n) is 9.71. The predicted molar refractivity (Wildman–Crippen MR) is 128 cm³/mol. The molecule has 0 atom stereocenters. The monoisotopic (exact) mass is 488 g/mol. The van der Waals surface area contributed by atoms with Crippen molar-refractivity contribution in [1.29, 1.82) is 0 Å². The summed E-state index contributed by atoms with van der Waals surface area (Å²) in [4.78, 5) is 14.4. The van der Waals surface area contributed by atoms with Crippen LogP contribution in [0.15, 0.2) is 64.7 Å². The lowest BCUT2D eigenvalue weighted by Crippen LogP contribution is -2.30. The highest BCUT2D eigenvalue weighted by Crippen LogP contribution is 2.32. The van der Waals surface area contributed by atoms with Crippen molar-refractivity contribution in [2.45, 2.75) is 13.5 Å². The summed E-state index contributed by atoms with van der Waals surface area (Å²) < 4.78 is 17.1. The van der Waals surface area contributed by atoms with Crippen LogP contribution >= 0.6 is 35.4 Å². The molecule has 0 bridgehead atoms. The number of halogens is 2. The summed E-state index contributed by atoms with van der Waals surface area (Å²) >= 11 is 17.4. The van der Waals surface area contributed by atoms with Gasteiger partial charge in [0, 0.05) is 11.1 Å². The van der Waals surface area contributed by atoms with Crippen LogP contribution in [0.2, 0.25) is 10.0 Å². The number of amides is 1. The van der Waals surface area contributed by atoms with E-state index in [0.29, 0.717) is 51.1 Å². The second kappa shape index (κ2) is 9.65. The molecule has 1 aliphatic rings. The molecule has 1 N–H and O–H groups in total. The minimum atomic E-state index is -0.302. The fraction of sp³-hybridized carbons (Fsp3) is 0.130. The molecule has 0 spiro atoms. The van der Waals surface area contributed by atoms with Crippen LogP contribution in [0.3, 0.4) is 0 Å². The molecule has 3 aromatic rings. The second-order valence-electron chi connectivity index (χ2n) is 6.70. The van der Waals surface area contributed by atoms with E-state index in [0.717, 1.165) is 0 Å². The first-order valence-corrected chi connectivity index (χ1v) is 10.9. The van der Waals surface area contributed by atoms with Gasteiger partial charge in [-0.05, 0) is 61.6 Å². The van der Waals surface area contributed by atoms with Crippen molar-refractivity contribution in [3.63, 3.8) is 0 Å². The Hall–Kier alpha value is -3.00. The zero-order valence-corrected chi connectivity index (χ0v) is 19.3. The van der Waals surface area contributed by atoms with Gasteiger partial charge in [-0.15, -0.1) is 0 Å². The smallest absolute Gasteiger partial charge is 0.281 e. The zero-order valence-electron chi connectivity index (χ0n) is 16.9. The Kier molecular flexibility index (Phi) is 6.69. The predicted octanol–water partition coefficient (Wildman–Crippen LogP) is 5.83. The number of nitrogens with one attached hydrogen (secondary N) is 1. The van der Waals surface area contributed by atoms with E-state index in [1.807, 2.05) is 19.1 Å². The summed E-state index contributed by atoms with van der Waals surface area (Å²) in [6, 6.07) is 15.7. The number of ether oxygens (including phenoxy) is 2. The van der Waals surface area contributed by atoms with Crippen LogP contribution in [0.5, 0.6) is 11.5 Å². The number of hydrogen-bond donors (Lipinski definition) is 1. The molecule has 6 nitrogen and oxygen atoms in total. The maximum atomic E-state index is 13.0. The lowest BCUT2D eigenvalue weighted by atomic mass is 10.2. The molecule has 4 rings (SSSR count). The van der Waals surface area contributed by atoms with Gasteiger partial charge < -0.3 is 19.2 Å². The van der Waals surface area contributed by atoms with Crippen LogP contribution in [0.25, 0.3) is 6.08 Å². The van der Waals surface area contributed by atoms with E-state index in [1.54, 1.807) is 48.5 Å². The highest BCUT2D eigenvalue weighted by Gasteiger charge is 2.34. The minimum absolute atomic E-state index is 0.165. The largest absolute Gasteiger partial charge is 0.492 e. The molecule has 0 radical (unpaired) electrons. The molecule has 0 aliphatic carbocycles. The van der Waals surface area contributed by atoms with Crippen LogP contribution in [0.1, 0.15) is 18.4 Å². The summed E-state index contributed by atoms with van der Waals surface area (Å²) in [5.41, 5.74) is 0.873. The highest BCUT2D eigenvalue weighted by atomic mass is 35.5. The van der Waals surface area contributed by atoms with Crippen LogP contribution in [-0.4, -0.2) is 17.6 Å². The molecule has 1 saturated heterocycles. The van der Waals surface area contributed by atoms with Crippen molar-refractivity contribution in [2.24, 2.45) is 0 Å². The third-order valence-electron chi connectivity index (χ3n) is 4.52. The first kappa shape index (κ1) is 22.2. The Balaban J connectivity index is 1.49. The average molecular weight is 489 g/mol. The molecule has 0 saturated carbocycles. The Morgan fingerprint density at radius 1 is 1.09 bits per heavy atom. The van der Waals surface area contributed by atoms with E-state index < -0.39 is 0 Å². The normalized spacial score (nSPS) is 14.7. The maximum absolute atomic E-state index is 13.0. The van der Waals surface area contributed by atoms with Gasteiger partial charge >= 0.3 is 0 Å². The molecule has 1 fully saturated rings. The number of thiocarbonyl (C=S) groups is 1. The van der Waals surface area contributed by atoms with E-state index in [-0.39, 0.29) is 17.6 Å². The summed E-state index contributed by atoms with van der Waals surface area (Å²) in [5.74, 6) is 1.81. The van der Waals surface area contributed by atoms with Gasteiger partial charge in [-0.2, -0.15) is 0 Å². The minimum Gasteiger partial charge on any atom is -0.492 e. The lowest BCUT2D eigenvalue weighted by Gasteiger charge is -2.17. The average Bonchev–Trinajstić information content (AvgIpc) is 3.32. The molecule has 2 aromatic carbocycles. The van der Waals surface area contributed by atoms with E-state index in [9.17, 15) is 4.79 Å². The van der Waals surface area contributed by atoms with Crippen molar-refractivity contribution in [1.82, 2.24) is 5.32 Å². The van der Waals surface area contributed by atoms with E-state index in [1.165, 1.54) is 4.90 Å². The number of carbonyl (C=O) groups excluding carboxylic acids is 1. The first-order chi connectivity index (χ1) is 15.5. The molecular weight excluding hydrogens is 471 g/mol. The summed E-state index contributed by atoms with van der Waals surface area (Å²) in [6.07, 6.45) is 1.59. The summed E-state index contributed by atoms with van der Waals surface area (Å²) in [7, 11) is 0. The zero-order chi connectivity index (χ0) is 22.7. The Morgan fingerprint density at radius 2 is 1.91 bits per heavy atom. The fourth-order valence-corrected chi connectivity index (χ4v) is 3.86. The maximum Gasteiger partial charge on any atom is 0.281 e. The van der Waals surface area contributed by atoms with E-state index >= 15 is 0 Å². The Bertz CT molecular complexity index is 1210. The van der Waals surface area contributed by atoms with Crippen LogP contribution in [0, 0.1) is 0 Å². The number of benzene rings is 2. The van der Waals surface area contributed by atoms with Gasteiger partial charge in [0.1, 0.15) is 35.3 Å². The number of rotatable bonds is 7. The number of hydrogen-bond acceptors (Lipinski definition) is 5. The Morgan fingerprint density at radius 3 is 2.69 bits per heavy atom. The number of carbonyl (C=O) groups is 1. The van der Waals surface area contributed by atoms with E-state index in [2.05, 4.69) is 5.32 Å². The van der Waals surface area contributed by atoms with Crippen molar-refractivity contribution >= 4 is 58.2 Å². The fourth-order valence-electron chi connectivity index (χ4n) is 3.11. The van der Waals surface area contributed by atoms with Crippen molar-refractivity contribution in [2.75, 3.05) is 11.5 Å². The Labute approximate surface area is 200 Å². The molecule has 1 aromatic heterocycles. The van der Waals surface area contributed by atoms with Crippen LogP contribution < -0.4 is 19.7 Å². The van der Waals surface area contributed by atoms with Gasteiger partial charge in [0.25, 0.3) is 5.91 Å². The number of anilines is 1. The molecular formula is C23H18Cl2N2O4S. The van der Waals surface area contributed by atoms with E-state index in [4.69, 9.17) is 49.3 Å². The van der Waals surface area contributed by atoms with Crippen LogP contribution in [0.4, 0.5) is 5.69 Å². The molecule has 9 heteroatoms. The molecule has 32 heavy (non-hydrogen) atoms. The summed E-state index contributed by atoms with van der Waals surface area (Å²) in [6.45, 7) is 2.52. The van der Waals surface area contributed by atoms with Gasteiger partial charge in [0.2, 0.25) is 0 Å². The molecule has 0 unspecified atom stereocenters. The third kappa shape index (κ3) is 4.75. The van der Waals surface area contributed by atoms with Crippen molar-refractivity contribution in [3.05, 3.63) is 81.9 Å². The lowest BCUT2D eigenvalue weighted by molar-refractivity contribution is -0.113. The number of furan rings is 1. The van der Waals surface area contributed by atoms with Crippen molar-refractivity contribution in [3.8, 4) is 11.5 Å². The number of nitrogens with zero attached hydrogens (tertiary/aromatic N) is 1. The molecule has 164 valence electrons. The standard InChI is InChI=1S/C23H18Cl2N2O4S/c1-2-29-21-6-4-3-5-19(21)27-22(28)18(26-23(27)32)12-15-8-9-16(31-15)13-30-20-10-7-14(24)11-17(20)25/h3-12H,2,13H2,1H3,(H,26,32)/b18-12+. The highest BCUT2D eigenvalue weighted by molar-refractivity contribution is 7.80. The van der Waals surface area contributed by atoms with Gasteiger partial charge in [0.15, 0.2) is 5.11 Å². The summed E-state index contributed by atoms with van der Waals surface area (Å²) in [5, 5.41) is 4.14. The third-order valence-corrected chi connectivity index (χ3v) is 5.33. The second-order valence-corrected chi connectivity index (χ2v) is 7.93. The topological polar surface area (TPSA) is 63.9 Å². The van der Waals surface area contributed by atoms with Crippen LogP contribution in [-0.2, 0) is 11.4 Å². The van der Waals surface area contributed by atoms with Gasteiger partial charge in [0.05, 0.1) is 17.3 Å². The van der Waals surface area contributed by atoms with Gasteiger partial charge in [-0.25, -0.2) is 4.90 Å². The number of para-hydroxylation sites is 2. The molecule has 1 aliphatic heterocycles. The van der Waals surface area contributed by atoms with Gasteiger partial charge in [-0.1, -0.05) is 35.3 Å².